The zero-order chi connectivity index (χ0) is 12.5. The molecule has 0 amide bonds. The zero-order valence-electron chi connectivity index (χ0n) is 7.53. The van der Waals surface area contributed by atoms with E-state index >= 15 is 0 Å². The quantitative estimate of drug-likeness (QED) is 0.350. The average Bonchev–Trinajstić information content (AvgIpc) is 1.99. The Bertz CT molecular complexity index is 336. The molecule has 0 aromatic heterocycles. The summed E-state index contributed by atoms with van der Waals surface area (Å²) in [5, 5.41) is 15.6. The van der Waals surface area contributed by atoms with E-state index in [4.69, 9.17) is 14.8 Å². The van der Waals surface area contributed by atoms with Crippen molar-refractivity contribution >= 4 is 22.1 Å². The maximum absolute atomic E-state index is 9.72. The van der Waals surface area contributed by atoms with Crippen LogP contribution in [0.4, 0.5) is 0 Å². The molecule has 7 nitrogen and oxygen atoms in total. The van der Waals surface area contributed by atoms with Crippen LogP contribution in [0.2, 0.25) is 0 Å². The fourth-order valence-corrected chi connectivity index (χ4v) is 0.589. The van der Waals surface area contributed by atoms with E-state index in [-0.39, 0.29) is 5.75 Å². The summed E-state index contributed by atoms with van der Waals surface area (Å²) < 4.78 is 27.3. The minimum atomic E-state index is -3.79. The van der Waals surface area contributed by atoms with Gasteiger partial charge < -0.3 is 10.2 Å². The van der Waals surface area contributed by atoms with Crippen molar-refractivity contribution in [3.63, 3.8) is 0 Å². The molecule has 3 N–H and O–H groups in total. The van der Waals surface area contributed by atoms with Gasteiger partial charge >= 0.3 is 11.9 Å². The minimum Gasteiger partial charge on any atom is -0.478 e. The van der Waals surface area contributed by atoms with Crippen molar-refractivity contribution in [2.45, 2.75) is 0 Å². The second-order valence-corrected chi connectivity index (χ2v) is 3.54. The van der Waals surface area contributed by atoms with Gasteiger partial charge in [0.15, 0.2) is 0 Å². The van der Waals surface area contributed by atoms with Crippen molar-refractivity contribution in [1.82, 2.24) is 0 Å². The third kappa shape index (κ3) is 24.5. The summed E-state index contributed by atoms with van der Waals surface area (Å²) in [6, 6.07) is 0. The fraction of sp³-hybridized carbons (Fsp3) is 0.143. The van der Waals surface area contributed by atoms with Gasteiger partial charge in [-0.15, -0.1) is 6.58 Å². The van der Waals surface area contributed by atoms with Crippen LogP contribution in [0.3, 0.4) is 0 Å². The van der Waals surface area contributed by atoms with Crippen molar-refractivity contribution in [2.75, 3.05) is 5.75 Å². The van der Waals surface area contributed by atoms with E-state index < -0.39 is 22.1 Å². The highest BCUT2D eigenvalue weighted by atomic mass is 32.2. The first-order valence-corrected chi connectivity index (χ1v) is 5.00. The van der Waals surface area contributed by atoms with Gasteiger partial charge in [-0.2, -0.15) is 8.42 Å². The predicted octanol–water partition coefficient (Wildman–Crippen LogP) is -0.228. The van der Waals surface area contributed by atoms with Gasteiger partial charge in [0.2, 0.25) is 0 Å². The van der Waals surface area contributed by atoms with Gasteiger partial charge in [-0.3, -0.25) is 4.55 Å². The Morgan fingerprint density at radius 3 is 1.53 bits per heavy atom. The molecule has 0 saturated carbocycles. The summed E-state index contributed by atoms with van der Waals surface area (Å²) in [6.45, 7) is 3.11. The van der Waals surface area contributed by atoms with Gasteiger partial charge in [0.05, 0.1) is 5.75 Å². The smallest absolute Gasteiger partial charge is 0.328 e. The molecule has 0 heterocycles. The molecule has 0 rings (SSSR count). The Labute approximate surface area is 86.1 Å². The summed E-state index contributed by atoms with van der Waals surface area (Å²) in [7, 11) is -3.79. The van der Waals surface area contributed by atoms with E-state index in [9.17, 15) is 18.0 Å². The zero-order valence-corrected chi connectivity index (χ0v) is 8.35. The first-order chi connectivity index (χ1) is 6.69. The molecule has 8 heteroatoms. The Morgan fingerprint density at radius 1 is 1.13 bits per heavy atom. The average molecular weight is 238 g/mol. The van der Waals surface area contributed by atoms with Crippen molar-refractivity contribution in [1.29, 1.82) is 0 Å². The van der Waals surface area contributed by atoms with E-state index in [1.807, 2.05) is 0 Å². The molecule has 0 radical (unpaired) electrons. The lowest BCUT2D eigenvalue weighted by molar-refractivity contribution is -0.134. The second kappa shape index (κ2) is 7.71. The van der Waals surface area contributed by atoms with Crippen molar-refractivity contribution in [3.05, 3.63) is 24.8 Å². The third-order valence-corrected chi connectivity index (χ3v) is 1.35. The molecular weight excluding hydrogens is 228 g/mol. The molecule has 0 aliphatic heterocycles. The van der Waals surface area contributed by atoms with Gasteiger partial charge in [-0.25, -0.2) is 9.59 Å². The summed E-state index contributed by atoms with van der Waals surface area (Å²) in [5.74, 6) is -2.88. The van der Waals surface area contributed by atoms with E-state index in [1.54, 1.807) is 0 Å². The molecule has 86 valence electrons. The number of aliphatic carboxylic acids is 2. The van der Waals surface area contributed by atoms with E-state index in [1.165, 1.54) is 0 Å². The first-order valence-electron chi connectivity index (χ1n) is 3.39. The lowest BCUT2D eigenvalue weighted by Crippen LogP contribution is -1.99. The van der Waals surface area contributed by atoms with Crippen LogP contribution in [0.15, 0.2) is 24.8 Å². The van der Waals surface area contributed by atoms with Gasteiger partial charge in [0.1, 0.15) is 0 Å². The number of carbonyl (C=O) groups is 2. The van der Waals surface area contributed by atoms with Gasteiger partial charge in [0, 0.05) is 12.2 Å². The molecule has 0 bridgehead atoms. The number of hydrogen-bond donors (Lipinski definition) is 3. The number of rotatable bonds is 4. The molecule has 0 saturated heterocycles. The van der Waals surface area contributed by atoms with Gasteiger partial charge in [0.25, 0.3) is 10.1 Å². The Hall–Kier alpha value is -1.67. The highest BCUT2D eigenvalue weighted by Crippen LogP contribution is 1.78. The van der Waals surface area contributed by atoms with Crippen LogP contribution in [-0.2, 0) is 19.7 Å². The molecule has 0 aliphatic carbocycles. The molecule has 0 aromatic rings. The molecule has 0 spiro atoms. The Morgan fingerprint density at radius 2 is 1.47 bits per heavy atom. The number of carboxylic acids is 2. The molecule has 0 aliphatic rings. The van der Waals surface area contributed by atoms with Crippen LogP contribution in [0, 0.1) is 0 Å². The highest BCUT2D eigenvalue weighted by molar-refractivity contribution is 7.85. The summed E-state index contributed by atoms with van der Waals surface area (Å²) in [6.07, 6.45) is 2.24. The highest BCUT2D eigenvalue weighted by Gasteiger charge is 1.95. The standard InChI is InChI=1S/C4H4O4.C3H6O3S/c5-3(6)1-2-4(7)8;1-2-3-7(4,5)6/h1-2H,(H,5,6)(H,7,8);2H,1,3H2,(H,4,5,6)/b2-1-;. The van der Waals surface area contributed by atoms with Crippen LogP contribution >= 0.6 is 0 Å². The second-order valence-electron chi connectivity index (χ2n) is 2.05. The topological polar surface area (TPSA) is 129 Å². The lowest BCUT2D eigenvalue weighted by Gasteiger charge is -1.82. The monoisotopic (exact) mass is 238 g/mol. The molecule has 0 unspecified atom stereocenters. The molecular formula is C7H10O7S. The van der Waals surface area contributed by atoms with Gasteiger partial charge in [-0.1, -0.05) is 6.08 Å². The molecule has 0 aromatic carbocycles. The SMILES string of the molecule is C=CCS(=O)(=O)O.O=C(O)/C=C\C(=O)O. The van der Waals surface area contributed by atoms with Crippen molar-refractivity contribution in [3.8, 4) is 0 Å². The van der Waals surface area contributed by atoms with Crippen LogP contribution < -0.4 is 0 Å². The molecule has 0 atom stereocenters. The fourth-order valence-electron chi connectivity index (χ4n) is 0.292. The largest absolute Gasteiger partial charge is 0.478 e. The molecule has 0 fully saturated rings. The molecule has 15 heavy (non-hydrogen) atoms. The minimum absolute atomic E-state index is 0.368. The van der Waals surface area contributed by atoms with Crippen LogP contribution in [0.5, 0.6) is 0 Å². The summed E-state index contributed by atoms with van der Waals surface area (Å²) >= 11 is 0. The van der Waals surface area contributed by atoms with E-state index in [2.05, 4.69) is 6.58 Å². The lowest BCUT2D eigenvalue weighted by atomic mass is 10.5. The number of hydrogen-bond acceptors (Lipinski definition) is 4. The van der Waals surface area contributed by atoms with Crippen molar-refractivity contribution < 1.29 is 32.8 Å². The Kier molecular flexibility index (Phi) is 8.11. The van der Waals surface area contributed by atoms with E-state index in [0.29, 0.717) is 12.2 Å². The third-order valence-electron chi connectivity index (χ3n) is 0.697. The number of carboxylic acid groups (broad SMARTS) is 2. The normalized spacial score (nSPS) is 10.2. The van der Waals surface area contributed by atoms with Crippen LogP contribution in [0.1, 0.15) is 0 Å². The van der Waals surface area contributed by atoms with Crippen LogP contribution in [-0.4, -0.2) is 40.9 Å². The maximum Gasteiger partial charge on any atom is 0.328 e. The Balaban J connectivity index is 0. The van der Waals surface area contributed by atoms with Crippen LogP contribution in [0.25, 0.3) is 0 Å². The van der Waals surface area contributed by atoms with Crippen molar-refractivity contribution in [2.24, 2.45) is 0 Å². The van der Waals surface area contributed by atoms with E-state index in [0.717, 1.165) is 6.08 Å². The van der Waals surface area contributed by atoms with Gasteiger partial charge in [-0.05, 0) is 0 Å². The maximum atomic E-state index is 9.72. The summed E-state index contributed by atoms with van der Waals surface area (Å²) in [4.78, 5) is 19.1. The predicted molar refractivity (Wildman–Crippen MR) is 51.0 cm³/mol. The first kappa shape index (κ1) is 15.8. The summed E-state index contributed by atoms with van der Waals surface area (Å²) in [5.41, 5.74) is 0.